The number of benzene rings is 5. The van der Waals surface area contributed by atoms with Gasteiger partial charge in [-0.05, 0) is 28.3 Å². The maximum absolute atomic E-state index is 12.4. The van der Waals surface area contributed by atoms with Crippen LogP contribution in [0.4, 0.5) is 5.69 Å². The van der Waals surface area contributed by atoms with Gasteiger partial charge in [-0.2, -0.15) is 0 Å². The molecule has 0 saturated heterocycles. The molecule has 0 saturated carbocycles. The quantitative estimate of drug-likeness (QED) is 0.167. The molecule has 3 nitrogen and oxygen atoms in total. The van der Waals surface area contributed by atoms with Gasteiger partial charge < -0.3 is 0 Å². The molecule has 0 aliphatic rings. The number of nitrogens with zero attached hydrogens (tertiary/aromatic N) is 1. The summed E-state index contributed by atoms with van der Waals surface area (Å²) in [6.07, 6.45) is 0. The van der Waals surface area contributed by atoms with Crippen molar-refractivity contribution in [1.82, 2.24) is 0 Å². The van der Waals surface area contributed by atoms with Crippen molar-refractivity contribution in [3.63, 3.8) is 0 Å². The zero-order chi connectivity index (χ0) is 20.2. The monoisotopic (exact) mass is 405 g/mol. The van der Waals surface area contributed by atoms with Crippen LogP contribution in [-0.2, 0) is 0 Å². The molecule has 0 amide bonds. The van der Waals surface area contributed by atoms with Crippen LogP contribution in [0.15, 0.2) is 91.0 Å². The second kappa shape index (κ2) is 6.37. The molecule has 0 atom stereocenters. The molecule has 0 unspecified atom stereocenters. The first kappa shape index (κ1) is 17.1. The molecular formula is C26H15NO2S. The van der Waals surface area contributed by atoms with E-state index >= 15 is 0 Å². The summed E-state index contributed by atoms with van der Waals surface area (Å²) in [5, 5.41) is 18.2. The topological polar surface area (TPSA) is 43.1 Å². The molecule has 4 heteroatoms. The van der Waals surface area contributed by atoms with Crippen molar-refractivity contribution in [1.29, 1.82) is 0 Å². The van der Waals surface area contributed by atoms with Crippen molar-refractivity contribution in [2.75, 3.05) is 0 Å². The van der Waals surface area contributed by atoms with E-state index < -0.39 is 0 Å². The van der Waals surface area contributed by atoms with Crippen LogP contribution < -0.4 is 0 Å². The fourth-order valence-corrected chi connectivity index (χ4v) is 5.75. The van der Waals surface area contributed by atoms with Crippen LogP contribution in [0.25, 0.3) is 52.8 Å². The van der Waals surface area contributed by atoms with E-state index in [0.29, 0.717) is 10.9 Å². The summed E-state index contributed by atoms with van der Waals surface area (Å²) in [6.45, 7) is 0. The minimum absolute atomic E-state index is 0.175. The molecule has 0 aliphatic carbocycles. The molecule has 1 heterocycles. The maximum Gasteiger partial charge on any atom is 0.285 e. The third-order valence-corrected chi connectivity index (χ3v) is 6.98. The predicted molar refractivity (Wildman–Crippen MR) is 126 cm³/mol. The highest BCUT2D eigenvalue weighted by molar-refractivity contribution is 7.26. The van der Waals surface area contributed by atoms with Gasteiger partial charge in [0.25, 0.3) is 5.69 Å². The van der Waals surface area contributed by atoms with Gasteiger partial charge in [-0.1, -0.05) is 78.9 Å². The second-order valence-corrected chi connectivity index (χ2v) is 8.40. The first-order valence-electron chi connectivity index (χ1n) is 9.72. The van der Waals surface area contributed by atoms with Gasteiger partial charge in [0.15, 0.2) is 0 Å². The Balaban J connectivity index is 1.88. The highest BCUT2D eigenvalue weighted by atomic mass is 32.1. The summed E-state index contributed by atoms with van der Waals surface area (Å²) < 4.78 is 2.27. The molecule has 0 radical (unpaired) electrons. The van der Waals surface area contributed by atoms with E-state index in [1.54, 1.807) is 11.3 Å². The van der Waals surface area contributed by atoms with Gasteiger partial charge in [-0.3, -0.25) is 10.1 Å². The largest absolute Gasteiger partial charge is 0.285 e. The molecule has 1 aromatic heterocycles. The molecule has 0 fully saturated rings. The smallest absolute Gasteiger partial charge is 0.258 e. The Labute approximate surface area is 176 Å². The van der Waals surface area contributed by atoms with Crippen molar-refractivity contribution in [3.05, 3.63) is 101 Å². The van der Waals surface area contributed by atoms with Gasteiger partial charge in [0, 0.05) is 25.7 Å². The number of hydrogen-bond acceptors (Lipinski definition) is 3. The minimum Gasteiger partial charge on any atom is -0.258 e. The van der Waals surface area contributed by atoms with Crippen LogP contribution in [0.1, 0.15) is 0 Å². The highest BCUT2D eigenvalue weighted by Gasteiger charge is 2.25. The van der Waals surface area contributed by atoms with Crippen LogP contribution in [0.3, 0.4) is 0 Å². The Morgan fingerprint density at radius 3 is 1.90 bits per heavy atom. The van der Waals surface area contributed by atoms with Gasteiger partial charge in [0.05, 0.1) is 15.9 Å². The molecule has 0 bridgehead atoms. The first-order chi connectivity index (χ1) is 14.7. The first-order valence-corrected chi connectivity index (χ1v) is 10.5. The standard InChI is InChI=1S/C26H15NO2S/c28-27(29)25-20-12-4-2-9-17(20)16-8-1-3-11-19(16)24(25)22-14-7-13-21-18-10-5-6-15-23(18)30-26(21)22/h1-15H. The number of fused-ring (bicyclic) bond motifs is 6. The Morgan fingerprint density at radius 2 is 1.17 bits per heavy atom. The molecule has 0 N–H and O–H groups in total. The lowest BCUT2D eigenvalue weighted by atomic mass is 9.90. The SMILES string of the molecule is O=[N+]([O-])c1c(-c2cccc3c2sc2ccccc23)c2ccccc2c2ccccc12. The molecular weight excluding hydrogens is 390 g/mol. The second-order valence-electron chi connectivity index (χ2n) is 7.35. The van der Waals surface area contributed by atoms with E-state index in [-0.39, 0.29) is 10.6 Å². The van der Waals surface area contributed by atoms with E-state index in [2.05, 4.69) is 24.3 Å². The third kappa shape index (κ3) is 2.31. The van der Waals surface area contributed by atoms with Crippen molar-refractivity contribution in [2.45, 2.75) is 0 Å². The van der Waals surface area contributed by atoms with Crippen molar-refractivity contribution < 1.29 is 4.92 Å². The van der Waals surface area contributed by atoms with Gasteiger partial charge in [-0.25, -0.2) is 0 Å². The fourth-order valence-electron chi connectivity index (χ4n) is 4.53. The normalized spacial score (nSPS) is 11.6. The van der Waals surface area contributed by atoms with Gasteiger partial charge in [0.2, 0.25) is 0 Å². The molecule has 6 rings (SSSR count). The minimum atomic E-state index is -0.226. The number of nitro groups is 1. The fraction of sp³-hybridized carbons (Fsp3) is 0. The Hall–Kier alpha value is -3.76. The lowest BCUT2D eigenvalue weighted by Crippen LogP contribution is -1.96. The van der Waals surface area contributed by atoms with Crippen LogP contribution in [0.2, 0.25) is 0 Å². The zero-order valence-electron chi connectivity index (χ0n) is 15.8. The summed E-state index contributed by atoms with van der Waals surface area (Å²) in [7, 11) is 0. The van der Waals surface area contributed by atoms with E-state index in [9.17, 15) is 10.1 Å². The summed E-state index contributed by atoms with van der Waals surface area (Å²) in [5.74, 6) is 0. The average Bonchev–Trinajstić information content (AvgIpc) is 3.17. The van der Waals surface area contributed by atoms with Gasteiger partial charge in [0.1, 0.15) is 0 Å². The number of nitro benzene ring substituents is 1. The molecule has 0 aliphatic heterocycles. The molecule has 0 spiro atoms. The van der Waals surface area contributed by atoms with E-state index in [4.69, 9.17) is 0 Å². The Morgan fingerprint density at radius 1 is 0.600 bits per heavy atom. The van der Waals surface area contributed by atoms with Crippen molar-refractivity contribution >= 4 is 58.7 Å². The lowest BCUT2D eigenvalue weighted by Gasteiger charge is -2.13. The number of thiophene rings is 1. The molecule has 30 heavy (non-hydrogen) atoms. The van der Waals surface area contributed by atoms with Crippen molar-refractivity contribution in [2.24, 2.45) is 0 Å². The van der Waals surface area contributed by atoms with E-state index in [1.807, 2.05) is 66.7 Å². The van der Waals surface area contributed by atoms with E-state index in [0.717, 1.165) is 31.8 Å². The van der Waals surface area contributed by atoms with Crippen molar-refractivity contribution in [3.8, 4) is 11.1 Å². The summed E-state index contributed by atoms with van der Waals surface area (Å²) in [5.41, 5.74) is 1.79. The summed E-state index contributed by atoms with van der Waals surface area (Å²) in [4.78, 5) is 12.1. The number of rotatable bonds is 2. The zero-order valence-corrected chi connectivity index (χ0v) is 16.6. The van der Waals surface area contributed by atoms with Crippen LogP contribution >= 0.6 is 11.3 Å². The van der Waals surface area contributed by atoms with E-state index in [1.165, 1.54) is 10.1 Å². The molecule has 142 valence electrons. The van der Waals surface area contributed by atoms with Crippen LogP contribution in [-0.4, -0.2) is 4.92 Å². The van der Waals surface area contributed by atoms with Crippen LogP contribution in [0, 0.1) is 10.1 Å². The van der Waals surface area contributed by atoms with Gasteiger partial charge in [-0.15, -0.1) is 11.3 Å². The summed E-state index contributed by atoms with van der Waals surface area (Å²) in [6, 6.07) is 30.0. The lowest BCUT2D eigenvalue weighted by molar-refractivity contribution is -0.382. The highest BCUT2D eigenvalue weighted by Crippen LogP contribution is 2.48. The predicted octanol–water partition coefficient (Wildman–Crippen LogP) is 7.94. The number of hydrogen-bond donors (Lipinski definition) is 0. The molecule has 6 aromatic rings. The maximum atomic E-state index is 12.4. The third-order valence-electron chi connectivity index (χ3n) is 5.76. The van der Waals surface area contributed by atoms with Gasteiger partial charge >= 0.3 is 0 Å². The Bertz CT molecular complexity index is 1630. The average molecular weight is 405 g/mol. The Kier molecular flexibility index (Phi) is 3.64. The molecule has 5 aromatic carbocycles. The summed E-state index contributed by atoms with van der Waals surface area (Å²) >= 11 is 1.69. The van der Waals surface area contributed by atoms with Crippen LogP contribution in [0.5, 0.6) is 0 Å².